The van der Waals surface area contributed by atoms with Gasteiger partial charge in [-0.15, -0.1) is 0 Å². The van der Waals surface area contributed by atoms with E-state index in [-0.39, 0.29) is 51.8 Å². The largest absolute Gasteiger partial charge is 0.352 e. The van der Waals surface area contributed by atoms with Gasteiger partial charge in [0.25, 0.3) is 0 Å². The number of alkyl halides is 2. The number of carbonyl (C=O) groups excluding carboxylic acids is 3. The third kappa shape index (κ3) is 3.65. The summed E-state index contributed by atoms with van der Waals surface area (Å²) in [7, 11) is 0. The highest BCUT2D eigenvalue weighted by Gasteiger charge is 2.52. The third-order valence-electron chi connectivity index (χ3n) is 5.27. The van der Waals surface area contributed by atoms with Crippen LogP contribution >= 0.6 is 31.9 Å². The van der Waals surface area contributed by atoms with E-state index >= 15 is 0 Å². The van der Waals surface area contributed by atoms with Crippen molar-refractivity contribution in [2.75, 3.05) is 6.54 Å². The van der Waals surface area contributed by atoms with Gasteiger partial charge in [-0.25, -0.2) is 0 Å². The summed E-state index contributed by atoms with van der Waals surface area (Å²) >= 11 is 7.13. The SMILES string of the molecule is O=C(CN1C(=O)[C@@H]2C[C@H](Br)[C@@H](Br)C[C@H]2C1=O)NC1CCCCC1. The lowest BCUT2D eigenvalue weighted by atomic mass is 9.81. The summed E-state index contributed by atoms with van der Waals surface area (Å²) in [4.78, 5) is 38.8. The molecule has 0 unspecified atom stereocenters. The Bertz CT molecular complexity index is 480. The van der Waals surface area contributed by atoms with Gasteiger partial charge in [-0.1, -0.05) is 51.1 Å². The van der Waals surface area contributed by atoms with Crippen molar-refractivity contribution in [2.24, 2.45) is 11.8 Å². The third-order valence-corrected chi connectivity index (χ3v) is 8.01. The first-order valence-corrected chi connectivity index (χ1v) is 10.2. The normalized spacial score (nSPS) is 35.3. The number of rotatable bonds is 3. The molecule has 0 aromatic rings. The van der Waals surface area contributed by atoms with Crippen molar-refractivity contribution in [1.82, 2.24) is 10.2 Å². The number of likely N-dealkylation sites (tertiary alicyclic amines) is 1. The maximum absolute atomic E-state index is 12.5. The quantitative estimate of drug-likeness (QED) is 0.531. The van der Waals surface area contributed by atoms with Crippen molar-refractivity contribution >= 4 is 49.6 Å². The van der Waals surface area contributed by atoms with E-state index in [1.807, 2.05) is 0 Å². The number of hydrogen-bond acceptors (Lipinski definition) is 3. The van der Waals surface area contributed by atoms with Crippen LogP contribution in [0.25, 0.3) is 0 Å². The standard InChI is InChI=1S/C16H22Br2N2O3/c17-12-6-10-11(7-13(12)18)16(23)20(15(10)22)8-14(21)19-9-4-2-1-3-5-9/h9-13H,1-8H2,(H,19,21)/t10-,11-,12+,13+/m1/s1. The van der Waals surface area contributed by atoms with E-state index in [0.29, 0.717) is 12.8 Å². The second kappa shape index (κ2) is 7.21. The molecule has 1 aliphatic heterocycles. The van der Waals surface area contributed by atoms with Gasteiger partial charge in [0, 0.05) is 15.7 Å². The maximum atomic E-state index is 12.5. The minimum Gasteiger partial charge on any atom is -0.352 e. The molecule has 2 saturated carbocycles. The molecule has 2 aliphatic carbocycles. The first-order valence-electron chi connectivity index (χ1n) is 8.40. The smallest absolute Gasteiger partial charge is 0.240 e. The number of hydrogen-bond donors (Lipinski definition) is 1. The summed E-state index contributed by atoms with van der Waals surface area (Å²) in [5, 5.41) is 2.98. The molecule has 7 heteroatoms. The van der Waals surface area contributed by atoms with Crippen molar-refractivity contribution < 1.29 is 14.4 Å². The molecule has 3 amide bonds. The van der Waals surface area contributed by atoms with Crippen LogP contribution in [0.1, 0.15) is 44.9 Å². The Balaban J connectivity index is 1.60. The van der Waals surface area contributed by atoms with E-state index in [0.717, 1.165) is 25.7 Å². The molecule has 3 rings (SSSR count). The van der Waals surface area contributed by atoms with Crippen molar-refractivity contribution in [2.45, 2.75) is 60.6 Å². The summed E-state index contributed by atoms with van der Waals surface area (Å²) < 4.78 is 0. The molecule has 1 N–H and O–H groups in total. The van der Waals surface area contributed by atoms with Gasteiger partial charge >= 0.3 is 0 Å². The van der Waals surface area contributed by atoms with Gasteiger partial charge in [0.2, 0.25) is 17.7 Å². The van der Waals surface area contributed by atoms with Gasteiger partial charge in [0.15, 0.2) is 0 Å². The molecule has 0 aromatic carbocycles. The monoisotopic (exact) mass is 448 g/mol. The molecule has 0 spiro atoms. The average Bonchev–Trinajstić information content (AvgIpc) is 2.74. The Hall–Kier alpha value is -0.430. The van der Waals surface area contributed by atoms with Crippen molar-refractivity contribution in [3.8, 4) is 0 Å². The Labute approximate surface area is 153 Å². The fraction of sp³-hybridized carbons (Fsp3) is 0.812. The van der Waals surface area contributed by atoms with Gasteiger partial charge < -0.3 is 5.32 Å². The molecule has 128 valence electrons. The lowest BCUT2D eigenvalue weighted by Crippen LogP contribution is -2.45. The van der Waals surface area contributed by atoms with Gasteiger partial charge in [0.05, 0.1) is 11.8 Å². The molecule has 23 heavy (non-hydrogen) atoms. The van der Waals surface area contributed by atoms with E-state index in [2.05, 4.69) is 37.2 Å². The molecule has 4 atom stereocenters. The Kier molecular flexibility index (Phi) is 5.46. The number of amides is 3. The fourth-order valence-electron chi connectivity index (χ4n) is 3.98. The summed E-state index contributed by atoms with van der Waals surface area (Å²) in [5.41, 5.74) is 0. The molecule has 0 aromatic heterocycles. The lowest BCUT2D eigenvalue weighted by molar-refractivity contribution is -0.143. The van der Waals surface area contributed by atoms with Gasteiger partial charge in [-0.3, -0.25) is 19.3 Å². The average molecular weight is 450 g/mol. The summed E-state index contributed by atoms with van der Waals surface area (Å²) in [6, 6.07) is 0.199. The first-order chi connectivity index (χ1) is 11.0. The topological polar surface area (TPSA) is 66.5 Å². The van der Waals surface area contributed by atoms with Gasteiger partial charge in [0.1, 0.15) is 6.54 Å². The zero-order chi connectivity index (χ0) is 16.6. The molecule has 0 radical (unpaired) electrons. The summed E-state index contributed by atoms with van der Waals surface area (Å²) in [6.45, 7) is -0.124. The summed E-state index contributed by atoms with van der Waals surface area (Å²) in [5.74, 6) is -1.11. The van der Waals surface area contributed by atoms with E-state index in [1.54, 1.807) is 0 Å². The number of nitrogens with zero attached hydrogens (tertiary/aromatic N) is 1. The van der Waals surface area contributed by atoms with Crippen LogP contribution in [0.2, 0.25) is 0 Å². The van der Waals surface area contributed by atoms with Crippen LogP contribution < -0.4 is 5.32 Å². The minimum absolute atomic E-state index is 0.124. The van der Waals surface area contributed by atoms with Gasteiger partial charge in [-0.05, 0) is 25.7 Å². The van der Waals surface area contributed by atoms with Crippen LogP contribution in [-0.2, 0) is 14.4 Å². The number of fused-ring (bicyclic) bond motifs is 1. The van der Waals surface area contributed by atoms with E-state index in [4.69, 9.17) is 0 Å². The molecule has 0 bridgehead atoms. The predicted octanol–water partition coefficient (Wildman–Crippen LogP) is 2.36. The second-order valence-corrected chi connectivity index (χ2v) is 9.23. The fourth-order valence-corrected chi connectivity index (χ4v) is 5.22. The van der Waals surface area contributed by atoms with Crippen LogP contribution in [-0.4, -0.2) is 44.9 Å². The zero-order valence-electron chi connectivity index (χ0n) is 13.0. The second-order valence-electron chi connectivity index (χ2n) is 6.88. The summed E-state index contributed by atoms with van der Waals surface area (Å²) in [6.07, 6.45) is 6.77. The molecule has 1 heterocycles. The molecule has 1 saturated heterocycles. The number of carbonyl (C=O) groups is 3. The molecular weight excluding hydrogens is 428 g/mol. The highest BCUT2D eigenvalue weighted by atomic mass is 79.9. The zero-order valence-corrected chi connectivity index (χ0v) is 16.1. The number of nitrogens with one attached hydrogen (secondary N) is 1. The highest BCUT2D eigenvalue weighted by molar-refractivity contribution is 9.12. The van der Waals surface area contributed by atoms with Crippen molar-refractivity contribution in [1.29, 1.82) is 0 Å². The molecule has 3 aliphatic rings. The van der Waals surface area contributed by atoms with Gasteiger partial charge in [-0.2, -0.15) is 0 Å². The number of halogens is 2. The Morgan fingerprint density at radius 2 is 1.52 bits per heavy atom. The maximum Gasteiger partial charge on any atom is 0.240 e. The minimum atomic E-state index is -0.275. The van der Waals surface area contributed by atoms with Crippen LogP contribution in [0, 0.1) is 11.8 Å². The lowest BCUT2D eigenvalue weighted by Gasteiger charge is -2.29. The molecule has 5 nitrogen and oxygen atoms in total. The number of imide groups is 1. The predicted molar refractivity (Wildman–Crippen MR) is 93.4 cm³/mol. The molecule has 3 fully saturated rings. The van der Waals surface area contributed by atoms with Crippen LogP contribution in [0.15, 0.2) is 0 Å². The highest BCUT2D eigenvalue weighted by Crippen LogP contribution is 2.43. The van der Waals surface area contributed by atoms with Crippen molar-refractivity contribution in [3.05, 3.63) is 0 Å². The van der Waals surface area contributed by atoms with Crippen LogP contribution in [0.5, 0.6) is 0 Å². The Morgan fingerprint density at radius 3 is 2.04 bits per heavy atom. The molecular formula is C16H22Br2N2O3. The van der Waals surface area contributed by atoms with E-state index in [9.17, 15) is 14.4 Å². The van der Waals surface area contributed by atoms with E-state index < -0.39 is 0 Å². The van der Waals surface area contributed by atoms with Crippen molar-refractivity contribution in [3.63, 3.8) is 0 Å². The van der Waals surface area contributed by atoms with Crippen LogP contribution in [0.3, 0.4) is 0 Å². The van der Waals surface area contributed by atoms with Crippen LogP contribution in [0.4, 0.5) is 0 Å². The first kappa shape index (κ1) is 17.4. The van der Waals surface area contributed by atoms with E-state index in [1.165, 1.54) is 11.3 Å². The Morgan fingerprint density at radius 1 is 1.00 bits per heavy atom.